The third kappa shape index (κ3) is 10.5. The van der Waals surface area contributed by atoms with Crippen molar-refractivity contribution < 1.29 is 22.6 Å². The van der Waals surface area contributed by atoms with Gasteiger partial charge in [0.25, 0.3) is 0 Å². The van der Waals surface area contributed by atoms with Crippen LogP contribution in [0.15, 0.2) is 29.3 Å². The lowest BCUT2D eigenvalue weighted by molar-refractivity contribution is -0.176. The molecule has 28 heavy (non-hydrogen) atoms. The number of alkyl halides is 3. The summed E-state index contributed by atoms with van der Waals surface area (Å²) in [4.78, 5) is 4.20. The monoisotopic (exact) mass is 403 g/mol. The van der Waals surface area contributed by atoms with Crippen LogP contribution in [0.5, 0.6) is 0 Å². The van der Waals surface area contributed by atoms with Gasteiger partial charge in [-0.1, -0.05) is 38.1 Å². The Balaban J connectivity index is 2.36. The van der Waals surface area contributed by atoms with Crippen molar-refractivity contribution in [1.29, 1.82) is 0 Å². The maximum absolute atomic E-state index is 12.1. The highest BCUT2D eigenvalue weighted by Gasteiger charge is 2.27. The fourth-order valence-electron chi connectivity index (χ4n) is 2.60. The summed E-state index contributed by atoms with van der Waals surface area (Å²) in [5.74, 6) is 1.15. The van der Waals surface area contributed by atoms with Gasteiger partial charge in [-0.15, -0.1) is 0 Å². The summed E-state index contributed by atoms with van der Waals surface area (Å²) in [6.45, 7) is 6.99. The molecule has 1 aromatic rings. The van der Waals surface area contributed by atoms with Crippen LogP contribution in [0.4, 0.5) is 13.2 Å². The molecule has 160 valence electrons. The Morgan fingerprint density at radius 1 is 1.11 bits per heavy atom. The molecule has 0 radical (unpaired) electrons. The minimum atomic E-state index is -4.30. The largest absolute Gasteiger partial charge is 0.411 e. The van der Waals surface area contributed by atoms with Gasteiger partial charge < -0.3 is 20.1 Å². The Hall–Kier alpha value is -1.80. The number of nitrogens with one attached hydrogen (secondary N) is 2. The van der Waals surface area contributed by atoms with Crippen LogP contribution in [0, 0.1) is 5.92 Å². The molecule has 0 aliphatic heterocycles. The first-order valence-corrected chi connectivity index (χ1v) is 9.53. The van der Waals surface area contributed by atoms with Gasteiger partial charge in [0.05, 0.1) is 12.7 Å². The van der Waals surface area contributed by atoms with Crippen molar-refractivity contribution in [2.24, 2.45) is 10.9 Å². The number of nitrogens with zero attached hydrogens (tertiary/aromatic N) is 1. The van der Waals surface area contributed by atoms with Gasteiger partial charge in [-0.05, 0) is 30.4 Å². The Morgan fingerprint density at radius 2 is 1.75 bits per heavy atom. The second-order valence-electron chi connectivity index (χ2n) is 6.80. The summed E-state index contributed by atoms with van der Waals surface area (Å²) in [6, 6.07) is 7.24. The average Bonchev–Trinajstić information content (AvgIpc) is 2.63. The van der Waals surface area contributed by atoms with Crippen molar-refractivity contribution in [2.75, 3.05) is 26.8 Å². The maximum atomic E-state index is 12.1. The standard InChI is InChI=1S/C20H32F3N3O2/c1-5-28-18(15(2)3)10-11-25-19(24-4)26-12-16-6-8-17(9-7-16)13-27-14-20(21,22)23/h6-9,15,18H,5,10-14H2,1-4H3,(H2,24,25,26). The molecule has 0 aromatic heterocycles. The second-order valence-corrected chi connectivity index (χ2v) is 6.80. The Morgan fingerprint density at radius 3 is 2.29 bits per heavy atom. The molecule has 0 aliphatic carbocycles. The van der Waals surface area contributed by atoms with Gasteiger partial charge in [0, 0.05) is 26.7 Å². The van der Waals surface area contributed by atoms with Gasteiger partial charge >= 0.3 is 6.18 Å². The van der Waals surface area contributed by atoms with Crippen molar-refractivity contribution in [3.8, 4) is 0 Å². The molecule has 0 spiro atoms. The molecule has 0 bridgehead atoms. The van der Waals surface area contributed by atoms with Crippen molar-refractivity contribution >= 4 is 5.96 Å². The zero-order chi connectivity index (χ0) is 21.0. The number of benzene rings is 1. The van der Waals surface area contributed by atoms with Gasteiger partial charge in [0.1, 0.15) is 6.61 Å². The molecule has 0 amide bonds. The lowest BCUT2D eigenvalue weighted by Crippen LogP contribution is -2.38. The van der Waals surface area contributed by atoms with Gasteiger partial charge in [0.15, 0.2) is 5.96 Å². The van der Waals surface area contributed by atoms with Crippen LogP contribution in [0.1, 0.15) is 38.3 Å². The molecule has 2 N–H and O–H groups in total. The number of hydrogen-bond donors (Lipinski definition) is 2. The normalized spacial score (nSPS) is 13.6. The minimum Gasteiger partial charge on any atom is -0.378 e. The van der Waals surface area contributed by atoms with E-state index in [1.165, 1.54) is 0 Å². The molecule has 0 aliphatic rings. The summed E-state index contributed by atoms with van der Waals surface area (Å²) >= 11 is 0. The van der Waals surface area contributed by atoms with Crippen LogP contribution < -0.4 is 10.6 Å². The SMILES string of the molecule is CCOC(CCNC(=NC)NCc1ccc(COCC(F)(F)F)cc1)C(C)C. The molecule has 1 unspecified atom stereocenters. The third-order valence-electron chi connectivity index (χ3n) is 4.09. The van der Waals surface area contributed by atoms with Crippen molar-refractivity contribution in [1.82, 2.24) is 10.6 Å². The van der Waals surface area contributed by atoms with E-state index in [4.69, 9.17) is 4.74 Å². The van der Waals surface area contributed by atoms with Crippen LogP contribution in [0.2, 0.25) is 0 Å². The van der Waals surface area contributed by atoms with Crippen LogP contribution in [0.25, 0.3) is 0 Å². The van der Waals surface area contributed by atoms with Crippen LogP contribution in [-0.4, -0.2) is 45.0 Å². The van der Waals surface area contributed by atoms with E-state index in [1.54, 1.807) is 19.2 Å². The van der Waals surface area contributed by atoms with E-state index in [1.807, 2.05) is 19.1 Å². The zero-order valence-electron chi connectivity index (χ0n) is 17.1. The molecular weight excluding hydrogens is 371 g/mol. The second kappa shape index (κ2) is 12.6. The van der Waals surface area contributed by atoms with Gasteiger partial charge in [-0.2, -0.15) is 13.2 Å². The summed E-state index contributed by atoms with van der Waals surface area (Å²) in [5.41, 5.74) is 1.70. The van der Waals surface area contributed by atoms with Crippen LogP contribution >= 0.6 is 0 Å². The van der Waals surface area contributed by atoms with E-state index in [0.29, 0.717) is 30.6 Å². The minimum absolute atomic E-state index is 0.0622. The lowest BCUT2D eigenvalue weighted by Gasteiger charge is -2.21. The third-order valence-corrected chi connectivity index (χ3v) is 4.09. The quantitative estimate of drug-likeness (QED) is 0.435. The zero-order valence-corrected chi connectivity index (χ0v) is 17.1. The first kappa shape index (κ1) is 24.2. The van der Waals surface area contributed by atoms with E-state index >= 15 is 0 Å². The first-order valence-electron chi connectivity index (χ1n) is 9.53. The molecule has 1 aromatic carbocycles. The molecule has 0 saturated carbocycles. The lowest BCUT2D eigenvalue weighted by atomic mass is 10.0. The molecule has 0 heterocycles. The summed E-state index contributed by atoms with van der Waals surface area (Å²) in [6.07, 6.45) is -3.20. The smallest absolute Gasteiger partial charge is 0.378 e. The summed E-state index contributed by atoms with van der Waals surface area (Å²) < 4.78 is 46.6. The van der Waals surface area contributed by atoms with Gasteiger partial charge in [-0.3, -0.25) is 4.99 Å². The fourth-order valence-corrected chi connectivity index (χ4v) is 2.60. The number of hydrogen-bond acceptors (Lipinski definition) is 3. The average molecular weight is 403 g/mol. The summed E-state index contributed by atoms with van der Waals surface area (Å²) in [5, 5.41) is 6.49. The molecule has 5 nitrogen and oxygen atoms in total. The molecule has 1 rings (SSSR count). The van der Waals surface area contributed by atoms with E-state index in [0.717, 1.165) is 18.5 Å². The summed E-state index contributed by atoms with van der Waals surface area (Å²) in [7, 11) is 1.71. The highest BCUT2D eigenvalue weighted by Crippen LogP contribution is 2.16. The number of halogens is 3. The number of ether oxygens (including phenoxy) is 2. The van der Waals surface area contributed by atoms with Gasteiger partial charge in [-0.25, -0.2) is 0 Å². The van der Waals surface area contributed by atoms with E-state index in [-0.39, 0.29) is 12.7 Å². The Kier molecular flexibility index (Phi) is 10.9. The van der Waals surface area contributed by atoms with E-state index < -0.39 is 12.8 Å². The van der Waals surface area contributed by atoms with Crippen molar-refractivity contribution in [2.45, 2.75) is 52.6 Å². The molecule has 1 atom stereocenters. The number of guanidine groups is 1. The Labute approximate surface area is 165 Å². The molecule has 0 saturated heterocycles. The molecular formula is C20H32F3N3O2. The van der Waals surface area contributed by atoms with E-state index in [2.05, 4.69) is 34.2 Å². The highest BCUT2D eigenvalue weighted by molar-refractivity contribution is 5.79. The molecule has 8 heteroatoms. The highest BCUT2D eigenvalue weighted by atomic mass is 19.4. The fraction of sp³-hybridized carbons (Fsp3) is 0.650. The van der Waals surface area contributed by atoms with Gasteiger partial charge in [0.2, 0.25) is 0 Å². The predicted octanol–water partition coefficient (Wildman–Crippen LogP) is 3.88. The predicted molar refractivity (Wildman–Crippen MR) is 105 cm³/mol. The topological polar surface area (TPSA) is 54.9 Å². The van der Waals surface area contributed by atoms with Crippen molar-refractivity contribution in [3.63, 3.8) is 0 Å². The van der Waals surface area contributed by atoms with Crippen LogP contribution in [-0.2, 0) is 22.6 Å². The van der Waals surface area contributed by atoms with Crippen LogP contribution in [0.3, 0.4) is 0 Å². The first-order chi connectivity index (χ1) is 13.2. The number of rotatable bonds is 11. The maximum Gasteiger partial charge on any atom is 0.411 e. The molecule has 0 fully saturated rings. The number of aliphatic imine (C=N–C) groups is 1. The van der Waals surface area contributed by atoms with Crippen molar-refractivity contribution in [3.05, 3.63) is 35.4 Å². The Bertz CT molecular complexity index is 575. The van der Waals surface area contributed by atoms with E-state index in [9.17, 15) is 13.2 Å².